The number of aromatic nitrogens is 4. The minimum Gasteiger partial charge on any atom is -0.467 e. The largest absolute Gasteiger partial charge is 0.467 e. The number of hydrogen-bond donors (Lipinski definition) is 0. The Hall–Kier alpha value is -4.89. The van der Waals surface area contributed by atoms with Crippen molar-refractivity contribution in [3.8, 4) is 23.3 Å². The molecule has 4 aromatic rings. The molecule has 3 aromatic heterocycles. The minimum atomic E-state index is -4.93. The zero-order valence-electron chi connectivity index (χ0n) is 27.6. The molecule has 3 fully saturated rings. The molecule has 3 unspecified atom stereocenters. The van der Waals surface area contributed by atoms with Gasteiger partial charge in [0.2, 0.25) is 0 Å². The predicted octanol–water partition coefficient (Wildman–Crippen LogP) is 6.59. The van der Waals surface area contributed by atoms with Crippen molar-refractivity contribution in [3.63, 3.8) is 0 Å². The Balaban J connectivity index is 0.000000444. The third-order valence-corrected chi connectivity index (χ3v) is 9.83. The monoisotopic (exact) mass is 748 g/mol. The van der Waals surface area contributed by atoms with E-state index in [-0.39, 0.29) is 48.3 Å². The van der Waals surface area contributed by atoms with Crippen LogP contribution in [0.4, 0.5) is 36.6 Å². The van der Waals surface area contributed by atoms with E-state index in [0.717, 1.165) is 36.6 Å². The van der Waals surface area contributed by atoms with Gasteiger partial charge in [0.15, 0.2) is 11.6 Å². The zero-order chi connectivity index (χ0) is 37.2. The Morgan fingerprint density at radius 1 is 1.15 bits per heavy atom. The average Bonchev–Trinajstić information content (AvgIpc) is 3.87. The molecule has 52 heavy (non-hydrogen) atoms. The number of carbonyl (C=O) groups is 1. The van der Waals surface area contributed by atoms with Gasteiger partial charge in [-0.3, -0.25) is 14.7 Å². The van der Waals surface area contributed by atoms with Gasteiger partial charge >= 0.3 is 12.2 Å². The number of amides is 1. The zero-order valence-corrected chi connectivity index (χ0v) is 28.4. The SMILES string of the molecule is COc1nc(N2CCN(C(=O)/C(F)=C/c3nccs3)C(CC#N)C2)c2cnc(-c3cc(F)ccc3C(F)(F)F)c(F)c2n1.FC1CC2CCCN2C1. The van der Waals surface area contributed by atoms with Crippen molar-refractivity contribution in [2.75, 3.05) is 44.7 Å². The van der Waals surface area contributed by atoms with Crippen LogP contribution in [0.2, 0.25) is 0 Å². The second kappa shape index (κ2) is 15.4. The lowest BCUT2D eigenvalue weighted by Gasteiger charge is -2.41. The van der Waals surface area contributed by atoms with Crippen molar-refractivity contribution >= 4 is 40.0 Å². The average molecular weight is 749 g/mol. The highest BCUT2D eigenvalue weighted by molar-refractivity contribution is 7.10. The summed E-state index contributed by atoms with van der Waals surface area (Å²) in [6.07, 6.45) is 1.22. The molecule has 1 aromatic carbocycles. The van der Waals surface area contributed by atoms with Crippen LogP contribution in [0, 0.1) is 23.0 Å². The number of fused-ring (bicyclic) bond motifs is 2. The molecule has 7 rings (SSSR count). The maximum atomic E-state index is 15.9. The van der Waals surface area contributed by atoms with Gasteiger partial charge in [-0.1, -0.05) is 0 Å². The maximum Gasteiger partial charge on any atom is 0.417 e. The molecule has 0 aliphatic carbocycles. The van der Waals surface area contributed by atoms with E-state index in [0.29, 0.717) is 30.8 Å². The molecule has 3 saturated heterocycles. The van der Waals surface area contributed by atoms with Crippen LogP contribution < -0.4 is 9.64 Å². The fourth-order valence-electron chi connectivity index (χ4n) is 6.74. The molecule has 0 saturated carbocycles. The quantitative estimate of drug-likeness (QED) is 0.159. The van der Waals surface area contributed by atoms with E-state index in [4.69, 9.17) is 4.74 Å². The summed E-state index contributed by atoms with van der Waals surface area (Å²) in [6, 6.07) is 3.07. The Labute approximate surface area is 297 Å². The van der Waals surface area contributed by atoms with Crippen LogP contribution in [0.25, 0.3) is 28.2 Å². The third kappa shape index (κ3) is 7.80. The molecule has 3 aliphatic rings. The number of benzene rings is 1. The summed E-state index contributed by atoms with van der Waals surface area (Å²) in [5, 5.41) is 11.3. The number of halogens is 7. The number of anilines is 1. The number of hydrogen-bond acceptors (Lipinski definition) is 10. The van der Waals surface area contributed by atoms with Crippen LogP contribution in [0.1, 0.15) is 36.3 Å². The van der Waals surface area contributed by atoms with Crippen LogP contribution in [0.15, 0.2) is 41.8 Å². The lowest BCUT2D eigenvalue weighted by molar-refractivity contribution is -0.137. The van der Waals surface area contributed by atoms with Crippen LogP contribution in [-0.4, -0.2) is 93.7 Å². The number of nitrogens with zero attached hydrogens (tertiary/aromatic N) is 8. The van der Waals surface area contributed by atoms with Crippen molar-refractivity contribution in [3.05, 3.63) is 64.0 Å². The van der Waals surface area contributed by atoms with E-state index in [1.165, 1.54) is 31.0 Å². The van der Waals surface area contributed by atoms with E-state index in [2.05, 4.69) is 24.8 Å². The Kier molecular flexibility index (Phi) is 10.9. The maximum absolute atomic E-state index is 15.9. The van der Waals surface area contributed by atoms with Crippen molar-refractivity contribution in [1.29, 1.82) is 5.26 Å². The molecule has 0 bridgehead atoms. The van der Waals surface area contributed by atoms with Crippen molar-refractivity contribution in [2.24, 2.45) is 0 Å². The highest BCUT2D eigenvalue weighted by Crippen LogP contribution is 2.40. The summed E-state index contributed by atoms with van der Waals surface area (Å²) in [7, 11) is 1.20. The molecule has 3 aliphatic heterocycles. The lowest BCUT2D eigenvalue weighted by atomic mass is 10.0. The summed E-state index contributed by atoms with van der Waals surface area (Å²) in [4.78, 5) is 34.1. The lowest BCUT2D eigenvalue weighted by Crippen LogP contribution is -2.55. The summed E-state index contributed by atoms with van der Waals surface area (Å²) in [5.74, 6) is -4.24. The summed E-state index contributed by atoms with van der Waals surface area (Å²) < 4.78 is 103. The number of methoxy groups -OCH3 is 1. The van der Waals surface area contributed by atoms with Crippen molar-refractivity contribution in [2.45, 2.75) is 50.1 Å². The van der Waals surface area contributed by atoms with Crippen molar-refractivity contribution < 1.29 is 40.3 Å². The predicted molar refractivity (Wildman–Crippen MR) is 177 cm³/mol. The first kappa shape index (κ1) is 36.9. The summed E-state index contributed by atoms with van der Waals surface area (Å²) >= 11 is 1.14. The van der Waals surface area contributed by atoms with Gasteiger partial charge in [-0.15, -0.1) is 11.3 Å². The van der Waals surface area contributed by atoms with Gasteiger partial charge in [0, 0.05) is 61.6 Å². The van der Waals surface area contributed by atoms with Gasteiger partial charge < -0.3 is 14.5 Å². The first-order chi connectivity index (χ1) is 24.9. The van der Waals surface area contributed by atoms with E-state index in [9.17, 15) is 36.4 Å². The highest BCUT2D eigenvalue weighted by Gasteiger charge is 2.37. The Morgan fingerprint density at radius 3 is 2.65 bits per heavy atom. The van der Waals surface area contributed by atoms with Crippen LogP contribution in [0.3, 0.4) is 0 Å². The molecule has 0 N–H and O–H groups in total. The number of alkyl halides is 4. The number of nitriles is 1. The number of thiazole rings is 1. The van der Waals surface area contributed by atoms with Gasteiger partial charge in [-0.25, -0.2) is 22.5 Å². The molecule has 0 radical (unpaired) electrons. The second-order valence-electron chi connectivity index (χ2n) is 12.4. The number of piperazine rings is 1. The van der Waals surface area contributed by atoms with Gasteiger partial charge in [0.1, 0.15) is 34.0 Å². The van der Waals surface area contributed by atoms with Crippen molar-refractivity contribution in [1.82, 2.24) is 29.7 Å². The molecule has 10 nitrogen and oxygen atoms in total. The fourth-order valence-corrected chi connectivity index (χ4v) is 7.29. The smallest absolute Gasteiger partial charge is 0.417 e. The molecular weight excluding hydrogens is 717 g/mol. The number of rotatable bonds is 6. The Morgan fingerprint density at radius 2 is 1.96 bits per heavy atom. The normalized spacial score (nSPS) is 20.8. The molecule has 0 spiro atoms. The standard InChI is InChI=1S/C27H19F6N7O2S.C7H12FN/c1-42-26-37-23-17(12-36-22(21(23)30)16-10-14(28)2-3-18(16)27(31,32)33)24(38-26)39-7-8-40(15(13-39)4-5-34)25(41)19(29)11-20-35-6-9-43-20;8-6-4-7-2-1-3-9(7)5-6/h2-3,6,9-12,15H,4,7-8,13H2,1H3;6-7H,1-5H2/b19-11-;. The molecule has 274 valence electrons. The molecular formula is C34H31F7N8O2S. The topological polar surface area (TPSA) is 111 Å². The highest BCUT2D eigenvalue weighted by atomic mass is 32.1. The van der Waals surface area contributed by atoms with Crippen LogP contribution in [-0.2, 0) is 11.0 Å². The van der Waals surface area contributed by atoms with E-state index < -0.39 is 64.1 Å². The van der Waals surface area contributed by atoms with Crippen LogP contribution in [0.5, 0.6) is 6.01 Å². The number of carbonyl (C=O) groups excluding carboxylic acids is 1. The summed E-state index contributed by atoms with van der Waals surface area (Å²) in [6.45, 7) is 1.82. The van der Waals surface area contributed by atoms with E-state index in [1.54, 1.807) is 10.3 Å². The first-order valence-electron chi connectivity index (χ1n) is 16.2. The third-order valence-electron chi connectivity index (χ3n) is 9.10. The van der Waals surface area contributed by atoms with Crippen LogP contribution >= 0.6 is 11.3 Å². The fraction of sp³-hybridized carbons (Fsp3) is 0.412. The summed E-state index contributed by atoms with van der Waals surface area (Å²) in [5.41, 5.74) is -3.35. The van der Waals surface area contributed by atoms with Gasteiger partial charge in [-0.05, 0) is 44.0 Å². The number of ether oxygens (including phenoxy) is 1. The Bertz CT molecular complexity index is 1990. The first-order valence-corrected chi connectivity index (χ1v) is 17.1. The van der Waals surface area contributed by atoms with E-state index >= 15 is 4.39 Å². The van der Waals surface area contributed by atoms with Gasteiger partial charge in [0.25, 0.3) is 5.91 Å². The van der Waals surface area contributed by atoms with E-state index in [1.807, 2.05) is 6.07 Å². The molecule has 6 heterocycles. The minimum absolute atomic E-state index is 0.0163. The van der Waals surface area contributed by atoms with Gasteiger partial charge in [-0.2, -0.15) is 28.4 Å². The second-order valence-corrected chi connectivity index (χ2v) is 13.3. The molecule has 1 amide bonds. The molecule has 3 atom stereocenters. The molecule has 18 heteroatoms. The van der Waals surface area contributed by atoms with Gasteiger partial charge in [0.05, 0.1) is 36.6 Å². The number of pyridine rings is 1.